The maximum Gasteiger partial charge on any atom is 0.220 e. The molecule has 88 valence electrons. The number of carbonyl (C=O) groups is 1. The number of aliphatic hydroxyl groups is 1. The molecule has 1 aliphatic rings. The first kappa shape index (κ1) is 12.8. The Morgan fingerprint density at radius 1 is 1.60 bits per heavy atom. The summed E-state index contributed by atoms with van der Waals surface area (Å²) in [7, 11) is 0. The molecule has 1 atom stereocenters. The highest BCUT2D eigenvalue weighted by Gasteiger charge is 2.23. The van der Waals surface area contributed by atoms with Gasteiger partial charge in [-0.15, -0.1) is 0 Å². The van der Waals surface area contributed by atoms with E-state index in [-0.39, 0.29) is 5.91 Å². The second-order valence-corrected chi connectivity index (χ2v) is 5.57. The van der Waals surface area contributed by atoms with Crippen LogP contribution in [0.2, 0.25) is 0 Å². The van der Waals surface area contributed by atoms with Gasteiger partial charge in [0.15, 0.2) is 0 Å². The summed E-state index contributed by atoms with van der Waals surface area (Å²) in [5, 5.41) is 12.6. The third-order valence-corrected chi connectivity index (χ3v) is 3.73. The Bertz CT molecular complexity index is 215. The van der Waals surface area contributed by atoms with E-state index in [9.17, 15) is 9.90 Å². The van der Waals surface area contributed by atoms with Crippen molar-refractivity contribution in [1.29, 1.82) is 0 Å². The predicted octanol–water partition coefficient (Wildman–Crippen LogP) is 1.41. The number of rotatable bonds is 6. The van der Waals surface area contributed by atoms with Crippen LogP contribution in [0.3, 0.4) is 0 Å². The van der Waals surface area contributed by atoms with Gasteiger partial charge in [0.25, 0.3) is 0 Å². The van der Waals surface area contributed by atoms with Gasteiger partial charge in [0.05, 0.1) is 5.60 Å². The van der Waals surface area contributed by atoms with Gasteiger partial charge in [-0.2, -0.15) is 11.8 Å². The number of carbonyl (C=O) groups excluding carboxylic acids is 1. The van der Waals surface area contributed by atoms with Crippen molar-refractivity contribution < 1.29 is 9.90 Å². The van der Waals surface area contributed by atoms with Gasteiger partial charge in [0.2, 0.25) is 5.91 Å². The van der Waals surface area contributed by atoms with E-state index in [1.54, 1.807) is 18.7 Å². The molecule has 1 saturated carbocycles. The van der Waals surface area contributed by atoms with Crippen LogP contribution in [-0.2, 0) is 4.79 Å². The first-order valence-electron chi connectivity index (χ1n) is 5.51. The van der Waals surface area contributed by atoms with Crippen molar-refractivity contribution in [2.45, 2.75) is 38.2 Å². The van der Waals surface area contributed by atoms with Crippen LogP contribution in [-0.4, -0.2) is 35.2 Å². The maximum absolute atomic E-state index is 11.5. The number of nitrogens with one attached hydrogen (secondary N) is 1. The van der Waals surface area contributed by atoms with Crippen LogP contribution in [0.5, 0.6) is 0 Å². The molecule has 1 fully saturated rings. The largest absolute Gasteiger partial charge is 0.387 e. The van der Waals surface area contributed by atoms with E-state index >= 15 is 0 Å². The van der Waals surface area contributed by atoms with Crippen molar-refractivity contribution >= 4 is 17.7 Å². The van der Waals surface area contributed by atoms with Crippen molar-refractivity contribution in [2.75, 3.05) is 18.6 Å². The molecule has 1 amide bonds. The summed E-state index contributed by atoms with van der Waals surface area (Å²) in [6, 6.07) is 0. The molecule has 1 rings (SSSR count). The summed E-state index contributed by atoms with van der Waals surface area (Å²) >= 11 is 1.59. The fourth-order valence-corrected chi connectivity index (χ4v) is 2.41. The topological polar surface area (TPSA) is 49.3 Å². The molecule has 0 saturated heterocycles. The molecule has 0 aromatic rings. The van der Waals surface area contributed by atoms with Crippen LogP contribution in [0.4, 0.5) is 0 Å². The summed E-state index contributed by atoms with van der Waals surface area (Å²) in [4.78, 5) is 11.5. The van der Waals surface area contributed by atoms with Gasteiger partial charge < -0.3 is 10.4 Å². The minimum atomic E-state index is -0.783. The van der Waals surface area contributed by atoms with Gasteiger partial charge in [-0.25, -0.2) is 0 Å². The summed E-state index contributed by atoms with van der Waals surface area (Å²) in [6.45, 7) is 2.12. The predicted molar refractivity (Wildman–Crippen MR) is 64.0 cm³/mol. The molecular formula is C11H21NO2S. The molecule has 0 aromatic carbocycles. The first-order chi connectivity index (χ1) is 7.03. The Balaban J connectivity index is 2.14. The highest BCUT2D eigenvalue weighted by Crippen LogP contribution is 2.29. The summed E-state index contributed by atoms with van der Waals surface area (Å²) in [5.74, 6) is 1.33. The van der Waals surface area contributed by atoms with E-state index in [0.29, 0.717) is 24.6 Å². The van der Waals surface area contributed by atoms with E-state index in [4.69, 9.17) is 0 Å². The van der Waals surface area contributed by atoms with Crippen LogP contribution < -0.4 is 5.32 Å². The normalized spacial score (nSPS) is 20.5. The maximum atomic E-state index is 11.5. The second-order valence-electron chi connectivity index (χ2n) is 4.71. The molecule has 0 bridgehead atoms. The highest BCUT2D eigenvalue weighted by molar-refractivity contribution is 7.98. The van der Waals surface area contributed by atoms with Crippen molar-refractivity contribution in [3.8, 4) is 0 Å². The summed E-state index contributed by atoms with van der Waals surface area (Å²) in [5.41, 5.74) is -0.783. The Morgan fingerprint density at radius 2 is 2.27 bits per heavy atom. The Kier molecular flexibility index (Phi) is 4.93. The average Bonchev–Trinajstić information content (AvgIpc) is 2.08. The lowest BCUT2D eigenvalue weighted by Gasteiger charge is -2.26. The van der Waals surface area contributed by atoms with E-state index < -0.39 is 5.60 Å². The molecule has 2 N–H and O–H groups in total. The molecule has 4 heteroatoms. The number of hydrogen-bond donors (Lipinski definition) is 2. The van der Waals surface area contributed by atoms with E-state index in [1.807, 2.05) is 6.26 Å². The van der Waals surface area contributed by atoms with Gasteiger partial charge in [-0.1, -0.05) is 6.42 Å². The SMILES string of the molecule is CSCC(C)(O)CNC(=O)CC1CCC1. The smallest absolute Gasteiger partial charge is 0.220 e. The number of hydrogen-bond acceptors (Lipinski definition) is 3. The lowest BCUT2D eigenvalue weighted by atomic mass is 9.83. The zero-order valence-electron chi connectivity index (χ0n) is 9.58. The fraction of sp³-hybridized carbons (Fsp3) is 0.909. The van der Waals surface area contributed by atoms with Gasteiger partial charge in [-0.3, -0.25) is 4.79 Å². The monoisotopic (exact) mass is 231 g/mol. The van der Waals surface area contributed by atoms with Gasteiger partial charge in [0, 0.05) is 18.7 Å². The molecule has 1 aliphatic carbocycles. The van der Waals surface area contributed by atoms with Crippen molar-refractivity contribution in [3.63, 3.8) is 0 Å². The number of amides is 1. The van der Waals surface area contributed by atoms with Gasteiger partial charge >= 0.3 is 0 Å². The van der Waals surface area contributed by atoms with Crippen LogP contribution in [0, 0.1) is 5.92 Å². The summed E-state index contributed by atoms with van der Waals surface area (Å²) < 4.78 is 0. The van der Waals surface area contributed by atoms with Crippen molar-refractivity contribution in [1.82, 2.24) is 5.32 Å². The Morgan fingerprint density at radius 3 is 2.73 bits per heavy atom. The van der Waals surface area contributed by atoms with Gasteiger partial charge in [-0.05, 0) is 31.9 Å². The van der Waals surface area contributed by atoms with E-state index in [0.717, 1.165) is 0 Å². The molecular weight excluding hydrogens is 210 g/mol. The third-order valence-electron chi connectivity index (χ3n) is 2.82. The van der Waals surface area contributed by atoms with Crippen LogP contribution >= 0.6 is 11.8 Å². The van der Waals surface area contributed by atoms with Crippen LogP contribution in [0.25, 0.3) is 0 Å². The lowest BCUT2D eigenvalue weighted by molar-refractivity contribution is -0.123. The quantitative estimate of drug-likeness (QED) is 0.726. The zero-order chi connectivity index (χ0) is 11.3. The first-order valence-corrected chi connectivity index (χ1v) is 6.91. The molecule has 3 nitrogen and oxygen atoms in total. The average molecular weight is 231 g/mol. The highest BCUT2D eigenvalue weighted by atomic mass is 32.2. The Labute approximate surface area is 96.0 Å². The minimum Gasteiger partial charge on any atom is -0.387 e. The molecule has 0 aromatic heterocycles. The molecule has 0 heterocycles. The lowest BCUT2D eigenvalue weighted by Crippen LogP contribution is -2.43. The molecule has 0 spiro atoms. The number of thioether (sulfide) groups is 1. The molecule has 1 unspecified atom stereocenters. The van der Waals surface area contributed by atoms with Crippen LogP contribution in [0.15, 0.2) is 0 Å². The molecule has 15 heavy (non-hydrogen) atoms. The Hall–Kier alpha value is -0.220. The standard InChI is InChI=1S/C11H21NO2S/c1-11(14,8-15-2)7-12-10(13)6-9-4-3-5-9/h9,14H,3-8H2,1-2H3,(H,12,13). The second kappa shape index (κ2) is 5.75. The van der Waals surface area contributed by atoms with Gasteiger partial charge in [0.1, 0.15) is 0 Å². The van der Waals surface area contributed by atoms with E-state index in [2.05, 4.69) is 5.32 Å². The summed E-state index contributed by atoms with van der Waals surface area (Å²) in [6.07, 6.45) is 6.23. The molecule has 0 aliphatic heterocycles. The molecule has 0 radical (unpaired) electrons. The zero-order valence-corrected chi connectivity index (χ0v) is 10.4. The van der Waals surface area contributed by atoms with Crippen molar-refractivity contribution in [2.24, 2.45) is 5.92 Å². The third kappa shape index (κ3) is 4.89. The van der Waals surface area contributed by atoms with E-state index in [1.165, 1.54) is 19.3 Å². The van der Waals surface area contributed by atoms with Crippen molar-refractivity contribution in [3.05, 3.63) is 0 Å². The fourth-order valence-electron chi connectivity index (χ4n) is 1.68. The minimum absolute atomic E-state index is 0.0843. The van der Waals surface area contributed by atoms with Crippen LogP contribution in [0.1, 0.15) is 32.6 Å².